The largest absolute Gasteiger partial charge is 0.494 e. The molecule has 138 valence electrons. The summed E-state index contributed by atoms with van der Waals surface area (Å²) in [5.41, 5.74) is 1.61. The quantitative estimate of drug-likeness (QED) is 0.692. The lowest BCUT2D eigenvalue weighted by Crippen LogP contribution is -2.28. The van der Waals surface area contributed by atoms with E-state index in [1.807, 2.05) is 29.7 Å². The minimum atomic E-state index is -3.70. The number of halogens is 1. The third kappa shape index (κ3) is 3.42. The van der Waals surface area contributed by atoms with Crippen LogP contribution >= 0.6 is 11.6 Å². The third-order valence-electron chi connectivity index (χ3n) is 4.14. The second kappa shape index (κ2) is 7.26. The maximum atomic E-state index is 12.6. The van der Waals surface area contributed by atoms with Crippen molar-refractivity contribution in [1.82, 2.24) is 14.3 Å². The van der Waals surface area contributed by atoms with Gasteiger partial charge in [-0.25, -0.2) is 18.1 Å². The normalized spacial score (nSPS) is 13.1. The number of aryl methyl sites for hydroxylation is 1. The summed E-state index contributed by atoms with van der Waals surface area (Å²) in [6.45, 7) is 4.39. The van der Waals surface area contributed by atoms with Crippen molar-refractivity contribution in [3.05, 3.63) is 53.3 Å². The van der Waals surface area contributed by atoms with Crippen molar-refractivity contribution in [1.29, 1.82) is 0 Å². The molecule has 0 bridgehead atoms. The second-order valence-electron chi connectivity index (χ2n) is 5.84. The second-order valence-corrected chi connectivity index (χ2v) is 7.99. The average molecular weight is 394 g/mol. The molecule has 0 radical (unpaired) electrons. The zero-order valence-electron chi connectivity index (χ0n) is 14.7. The fourth-order valence-corrected chi connectivity index (χ4v) is 4.28. The molecule has 1 heterocycles. The molecule has 0 saturated carbocycles. The molecule has 3 aromatic rings. The number of fused-ring (bicyclic) bond motifs is 1. The number of aromatic nitrogens is 2. The van der Waals surface area contributed by atoms with E-state index in [9.17, 15) is 8.42 Å². The predicted octanol–water partition coefficient (Wildman–Crippen LogP) is 3.76. The molecule has 0 saturated heterocycles. The molecule has 1 aromatic heterocycles. The molecule has 1 N–H and O–H groups in total. The zero-order chi connectivity index (χ0) is 18.9. The molecule has 0 aliphatic rings. The van der Waals surface area contributed by atoms with Crippen LogP contribution in [0.5, 0.6) is 5.75 Å². The maximum absolute atomic E-state index is 12.6. The van der Waals surface area contributed by atoms with Crippen LogP contribution in [0.25, 0.3) is 11.0 Å². The summed E-state index contributed by atoms with van der Waals surface area (Å²) in [5.74, 6) is 1.33. The zero-order valence-corrected chi connectivity index (χ0v) is 16.3. The monoisotopic (exact) mass is 393 g/mol. The Morgan fingerprint density at radius 3 is 2.54 bits per heavy atom. The van der Waals surface area contributed by atoms with Crippen LogP contribution in [0.4, 0.5) is 0 Å². The number of ether oxygens (including phenoxy) is 1. The molecule has 0 aliphatic heterocycles. The van der Waals surface area contributed by atoms with Crippen LogP contribution in [0.3, 0.4) is 0 Å². The van der Waals surface area contributed by atoms with Gasteiger partial charge in [-0.2, -0.15) is 0 Å². The van der Waals surface area contributed by atoms with E-state index in [4.69, 9.17) is 16.3 Å². The number of para-hydroxylation sites is 1. The molecule has 0 spiro atoms. The van der Waals surface area contributed by atoms with Crippen molar-refractivity contribution in [2.24, 2.45) is 0 Å². The van der Waals surface area contributed by atoms with E-state index in [-0.39, 0.29) is 4.90 Å². The SMILES string of the molecule is CCn1c([C@@H](C)NS(=O)(=O)c2ccc(Cl)cc2)nc2cccc(OC)c21. The van der Waals surface area contributed by atoms with Crippen molar-refractivity contribution in [2.75, 3.05) is 7.11 Å². The minimum Gasteiger partial charge on any atom is -0.494 e. The minimum absolute atomic E-state index is 0.158. The lowest BCUT2D eigenvalue weighted by Gasteiger charge is -2.16. The van der Waals surface area contributed by atoms with Crippen LogP contribution in [0.2, 0.25) is 5.02 Å². The average Bonchev–Trinajstić information content (AvgIpc) is 3.00. The van der Waals surface area contributed by atoms with Gasteiger partial charge < -0.3 is 9.30 Å². The first-order valence-corrected chi connectivity index (χ1v) is 10.0. The van der Waals surface area contributed by atoms with Crippen molar-refractivity contribution >= 4 is 32.7 Å². The first-order valence-electron chi connectivity index (χ1n) is 8.18. The fourth-order valence-electron chi connectivity index (χ4n) is 2.95. The van der Waals surface area contributed by atoms with Crippen LogP contribution in [0, 0.1) is 0 Å². The molecule has 3 rings (SSSR count). The van der Waals surface area contributed by atoms with Gasteiger partial charge in [0.1, 0.15) is 17.1 Å². The number of hydrogen-bond donors (Lipinski definition) is 1. The predicted molar refractivity (Wildman–Crippen MR) is 102 cm³/mol. The van der Waals surface area contributed by atoms with Gasteiger partial charge in [-0.3, -0.25) is 0 Å². The molecule has 1 atom stereocenters. The highest BCUT2D eigenvalue weighted by atomic mass is 35.5. The molecular formula is C18H20ClN3O3S. The highest BCUT2D eigenvalue weighted by Crippen LogP contribution is 2.29. The molecular weight excluding hydrogens is 374 g/mol. The number of benzene rings is 2. The van der Waals surface area contributed by atoms with Crippen molar-refractivity contribution < 1.29 is 13.2 Å². The lowest BCUT2D eigenvalue weighted by molar-refractivity contribution is 0.417. The molecule has 8 heteroatoms. The first kappa shape index (κ1) is 18.7. The van der Waals surface area contributed by atoms with E-state index in [1.165, 1.54) is 12.1 Å². The Balaban J connectivity index is 2.00. The Labute approximate surface area is 157 Å². The first-order chi connectivity index (χ1) is 12.4. The summed E-state index contributed by atoms with van der Waals surface area (Å²) in [7, 11) is -2.09. The number of rotatable bonds is 6. The van der Waals surface area contributed by atoms with Gasteiger partial charge in [-0.05, 0) is 50.2 Å². The maximum Gasteiger partial charge on any atom is 0.241 e. The Kier molecular flexibility index (Phi) is 5.22. The van der Waals surface area contributed by atoms with Crippen LogP contribution in [-0.2, 0) is 16.6 Å². The molecule has 0 fully saturated rings. The Morgan fingerprint density at radius 1 is 1.23 bits per heavy atom. The number of nitrogens with zero attached hydrogens (tertiary/aromatic N) is 2. The molecule has 6 nitrogen and oxygen atoms in total. The Morgan fingerprint density at radius 2 is 1.92 bits per heavy atom. The summed E-state index contributed by atoms with van der Waals surface area (Å²) in [6, 6.07) is 11.1. The van der Waals surface area contributed by atoms with E-state index in [1.54, 1.807) is 26.2 Å². The molecule has 0 unspecified atom stereocenters. The number of nitrogens with one attached hydrogen (secondary N) is 1. The van der Waals surface area contributed by atoms with E-state index >= 15 is 0 Å². The molecule has 0 amide bonds. The van der Waals surface area contributed by atoms with E-state index in [2.05, 4.69) is 9.71 Å². The van der Waals surface area contributed by atoms with E-state index in [0.29, 0.717) is 23.1 Å². The van der Waals surface area contributed by atoms with Gasteiger partial charge in [0.2, 0.25) is 10.0 Å². The van der Waals surface area contributed by atoms with Gasteiger partial charge in [-0.15, -0.1) is 0 Å². The van der Waals surface area contributed by atoms with Gasteiger partial charge in [-0.1, -0.05) is 17.7 Å². The number of hydrogen-bond acceptors (Lipinski definition) is 4. The van der Waals surface area contributed by atoms with Crippen LogP contribution in [0.15, 0.2) is 47.4 Å². The standard InChI is InChI=1S/C18H20ClN3O3S/c1-4-22-17-15(6-5-7-16(17)25-3)20-18(22)12(2)21-26(23,24)14-10-8-13(19)9-11-14/h5-12,21H,4H2,1-3H3/t12-/m1/s1. The van der Waals surface area contributed by atoms with Crippen molar-refractivity contribution in [3.8, 4) is 5.75 Å². The van der Waals surface area contributed by atoms with Gasteiger partial charge in [0.25, 0.3) is 0 Å². The highest BCUT2D eigenvalue weighted by molar-refractivity contribution is 7.89. The topological polar surface area (TPSA) is 73.2 Å². The van der Waals surface area contributed by atoms with Crippen LogP contribution in [-0.4, -0.2) is 25.1 Å². The van der Waals surface area contributed by atoms with Crippen LogP contribution < -0.4 is 9.46 Å². The third-order valence-corrected chi connectivity index (χ3v) is 5.95. The Hall–Kier alpha value is -2.09. The summed E-state index contributed by atoms with van der Waals surface area (Å²) < 4.78 is 35.4. The summed E-state index contributed by atoms with van der Waals surface area (Å²) in [4.78, 5) is 4.78. The number of imidazole rings is 1. The lowest BCUT2D eigenvalue weighted by atomic mass is 10.3. The number of sulfonamides is 1. The number of methoxy groups -OCH3 is 1. The molecule has 26 heavy (non-hydrogen) atoms. The van der Waals surface area contributed by atoms with Crippen LogP contribution in [0.1, 0.15) is 25.7 Å². The van der Waals surface area contributed by atoms with E-state index < -0.39 is 16.1 Å². The fraction of sp³-hybridized carbons (Fsp3) is 0.278. The van der Waals surface area contributed by atoms with E-state index in [0.717, 1.165) is 11.0 Å². The highest BCUT2D eigenvalue weighted by Gasteiger charge is 2.23. The summed E-state index contributed by atoms with van der Waals surface area (Å²) in [5, 5.41) is 0.483. The molecule has 2 aromatic carbocycles. The van der Waals surface area contributed by atoms with Gasteiger partial charge in [0.15, 0.2) is 0 Å². The summed E-state index contributed by atoms with van der Waals surface area (Å²) in [6.07, 6.45) is 0. The molecule has 0 aliphatic carbocycles. The Bertz CT molecular complexity index is 1030. The van der Waals surface area contributed by atoms with Crippen molar-refractivity contribution in [3.63, 3.8) is 0 Å². The summed E-state index contributed by atoms with van der Waals surface area (Å²) >= 11 is 5.84. The van der Waals surface area contributed by atoms with Gasteiger partial charge in [0, 0.05) is 11.6 Å². The smallest absolute Gasteiger partial charge is 0.241 e. The van der Waals surface area contributed by atoms with Gasteiger partial charge >= 0.3 is 0 Å². The van der Waals surface area contributed by atoms with Gasteiger partial charge in [0.05, 0.1) is 23.6 Å². The van der Waals surface area contributed by atoms with Crippen molar-refractivity contribution in [2.45, 2.75) is 31.3 Å².